The summed E-state index contributed by atoms with van der Waals surface area (Å²) >= 11 is 0. The van der Waals surface area contributed by atoms with Gasteiger partial charge in [-0.1, -0.05) is 29.8 Å². The van der Waals surface area contributed by atoms with E-state index in [9.17, 15) is 18.0 Å². The van der Waals surface area contributed by atoms with Gasteiger partial charge in [0.15, 0.2) is 0 Å². The minimum atomic E-state index is -3.68. The van der Waals surface area contributed by atoms with Gasteiger partial charge in [0, 0.05) is 33.4 Å². The van der Waals surface area contributed by atoms with Crippen molar-refractivity contribution in [3.05, 3.63) is 59.7 Å². The van der Waals surface area contributed by atoms with Gasteiger partial charge in [0.1, 0.15) is 0 Å². The van der Waals surface area contributed by atoms with Crippen molar-refractivity contribution in [3.63, 3.8) is 0 Å². The van der Waals surface area contributed by atoms with Crippen LogP contribution in [0.1, 0.15) is 35.2 Å². The molecule has 1 fully saturated rings. The first kappa shape index (κ1) is 24.9. The SMILES string of the molecule is COCCCNC(=O)c1ccccc1NC(=O)[C@@H]1CCCN(S(=O)(=O)c2ccc(C)cc2)C1. The average Bonchev–Trinajstić information content (AvgIpc) is 2.82. The molecular formula is C24H31N3O5S. The second-order valence-corrected chi connectivity index (χ2v) is 10.1. The Labute approximate surface area is 195 Å². The van der Waals surface area contributed by atoms with Crippen molar-refractivity contribution in [3.8, 4) is 0 Å². The van der Waals surface area contributed by atoms with Crippen LogP contribution >= 0.6 is 0 Å². The van der Waals surface area contributed by atoms with Gasteiger partial charge >= 0.3 is 0 Å². The van der Waals surface area contributed by atoms with E-state index in [2.05, 4.69) is 10.6 Å². The summed E-state index contributed by atoms with van der Waals surface area (Å²) in [6.45, 7) is 3.38. The number of ether oxygens (including phenoxy) is 1. The number of sulfonamides is 1. The van der Waals surface area contributed by atoms with Crippen LogP contribution in [0.4, 0.5) is 5.69 Å². The number of carbonyl (C=O) groups is 2. The molecule has 2 amide bonds. The molecule has 0 bridgehead atoms. The Morgan fingerprint density at radius 1 is 1.12 bits per heavy atom. The van der Waals surface area contributed by atoms with Crippen molar-refractivity contribution in [2.24, 2.45) is 5.92 Å². The zero-order valence-corrected chi connectivity index (χ0v) is 19.9. The van der Waals surface area contributed by atoms with Gasteiger partial charge in [-0.2, -0.15) is 4.31 Å². The highest BCUT2D eigenvalue weighted by atomic mass is 32.2. The molecule has 0 aromatic heterocycles. The third kappa shape index (κ3) is 6.40. The number of para-hydroxylation sites is 1. The maximum Gasteiger partial charge on any atom is 0.253 e. The molecule has 0 radical (unpaired) electrons. The number of benzene rings is 2. The zero-order chi connectivity index (χ0) is 23.8. The van der Waals surface area contributed by atoms with Crippen molar-refractivity contribution in [1.82, 2.24) is 9.62 Å². The Balaban J connectivity index is 1.67. The molecule has 3 rings (SSSR count). The smallest absolute Gasteiger partial charge is 0.253 e. The molecule has 2 aromatic rings. The molecule has 2 aromatic carbocycles. The fourth-order valence-electron chi connectivity index (χ4n) is 3.77. The topological polar surface area (TPSA) is 105 Å². The van der Waals surface area contributed by atoms with Gasteiger partial charge in [0.05, 0.1) is 22.1 Å². The van der Waals surface area contributed by atoms with Crippen LogP contribution in [0.2, 0.25) is 0 Å². The van der Waals surface area contributed by atoms with E-state index in [1.165, 1.54) is 4.31 Å². The summed E-state index contributed by atoms with van der Waals surface area (Å²) < 4.78 is 32.5. The summed E-state index contributed by atoms with van der Waals surface area (Å²) in [5, 5.41) is 5.65. The van der Waals surface area contributed by atoms with Crippen molar-refractivity contribution < 1.29 is 22.7 Å². The lowest BCUT2D eigenvalue weighted by Gasteiger charge is -2.31. The summed E-state index contributed by atoms with van der Waals surface area (Å²) in [6.07, 6.45) is 1.85. The van der Waals surface area contributed by atoms with E-state index >= 15 is 0 Å². The average molecular weight is 474 g/mol. The Morgan fingerprint density at radius 3 is 2.58 bits per heavy atom. The summed E-state index contributed by atoms with van der Waals surface area (Å²) in [7, 11) is -2.07. The van der Waals surface area contributed by atoms with E-state index in [1.54, 1.807) is 55.6 Å². The Morgan fingerprint density at radius 2 is 1.85 bits per heavy atom. The first-order valence-corrected chi connectivity index (χ1v) is 12.5. The number of piperidine rings is 1. The Bertz CT molecular complexity index is 1070. The summed E-state index contributed by atoms with van der Waals surface area (Å²) in [5.41, 5.74) is 1.75. The van der Waals surface area contributed by atoms with Crippen LogP contribution in [-0.2, 0) is 19.6 Å². The quantitative estimate of drug-likeness (QED) is 0.545. The summed E-state index contributed by atoms with van der Waals surface area (Å²) in [6, 6.07) is 13.5. The van der Waals surface area contributed by atoms with E-state index in [1.807, 2.05) is 6.92 Å². The minimum absolute atomic E-state index is 0.105. The number of nitrogens with zero attached hydrogens (tertiary/aromatic N) is 1. The van der Waals surface area contributed by atoms with Crippen LogP contribution in [0.5, 0.6) is 0 Å². The van der Waals surface area contributed by atoms with Crippen LogP contribution < -0.4 is 10.6 Å². The Kier molecular flexibility index (Phi) is 8.60. The van der Waals surface area contributed by atoms with Crippen LogP contribution in [0, 0.1) is 12.8 Å². The number of hydrogen-bond donors (Lipinski definition) is 2. The molecule has 9 heteroatoms. The lowest BCUT2D eigenvalue weighted by Crippen LogP contribution is -2.43. The van der Waals surface area contributed by atoms with E-state index in [0.29, 0.717) is 50.2 Å². The fourth-order valence-corrected chi connectivity index (χ4v) is 5.30. The zero-order valence-electron chi connectivity index (χ0n) is 19.0. The van der Waals surface area contributed by atoms with Gasteiger partial charge in [0.2, 0.25) is 15.9 Å². The molecule has 2 N–H and O–H groups in total. The molecule has 1 aliphatic rings. The molecule has 0 unspecified atom stereocenters. The number of anilines is 1. The van der Waals surface area contributed by atoms with Gasteiger partial charge in [-0.3, -0.25) is 9.59 Å². The molecule has 33 heavy (non-hydrogen) atoms. The lowest BCUT2D eigenvalue weighted by molar-refractivity contribution is -0.120. The number of aryl methyl sites for hydroxylation is 1. The molecule has 1 atom stereocenters. The third-order valence-electron chi connectivity index (χ3n) is 5.65. The van der Waals surface area contributed by atoms with Crippen LogP contribution in [0.15, 0.2) is 53.4 Å². The fraction of sp³-hybridized carbons (Fsp3) is 0.417. The molecule has 178 valence electrons. The normalized spacial score (nSPS) is 16.8. The first-order valence-electron chi connectivity index (χ1n) is 11.1. The molecular weight excluding hydrogens is 442 g/mol. The van der Waals surface area contributed by atoms with E-state index in [4.69, 9.17) is 4.74 Å². The predicted octanol–water partition coefficient (Wildman–Crippen LogP) is 2.80. The molecule has 0 saturated carbocycles. The predicted molar refractivity (Wildman–Crippen MR) is 127 cm³/mol. The van der Waals surface area contributed by atoms with Crippen molar-refractivity contribution in [2.45, 2.75) is 31.1 Å². The maximum absolute atomic E-state index is 13.0. The number of methoxy groups -OCH3 is 1. The highest BCUT2D eigenvalue weighted by Gasteiger charge is 2.33. The van der Waals surface area contributed by atoms with Gasteiger partial charge in [-0.25, -0.2) is 8.42 Å². The second-order valence-electron chi connectivity index (χ2n) is 8.15. The number of nitrogens with one attached hydrogen (secondary N) is 2. The number of carbonyl (C=O) groups excluding carboxylic acids is 2. The molecule has 0 aliphatic carbocycles. The number of rotatable bonds is 9. The van der Waals surface area contributed by atoms with Crippen molar-refractivity contribution >= 4 is 27.5 Å². The van der Waals surface area contributed by atoms with Gasteiger partial charge < -0.3 is 15.4 Å². The summed E-state index contributed by atoms with van der Waals surface area (Å²) in [5.74, 6) is -1.08. The van der Waals surface area contributed by atoms with E-state index in [-0.39, 0.29) is 23.3 Å². The highest BCUT2D eigenvalue weighted by Crippen LogP contribution is 2.25. The highest BCUT2D eigenvalue weighted by molar-refractivity contribution is 7.89. The van der Waals surface area contributed by atoms with Crippen LogP contribution in [0.3, 0.4) is 0 Å². The largest absolute Gasteiger partial charge is 0.385 e. The maximum atomic E-state index is 13.0. The monoisotopic (exact) mass is 473 g/mol. The van der Waals surface area contributed by atoms with Crippen LogP contribution in [-0.4, -0.2) is 57.9 Å². The molecule has 8 nitrogen and oxygen atoms in total. The van der Waals surface area contributed by atoms with Crippen molar-refractivity contribution in [2.75, 3.05) is 38.7 Å². The second kappa shape index (κ2) is 11.4. The van der Waals surface area contributed by atoms with Gasteiger partial charge in [-0.05, 0) is 50.5 Å². The molecule has 1 heterocycles. The lowest BCUT2D eigenvalue weighted by atomic mass is 9.98. The summed E-state index contributed by atoms with van der Waals surface area (Å²) in [4.78, 5) is 25.8. The number of amides is 2. The standard InChI is InChI=1S/C24H31N3O5S/c1-18-10-12-20(13-11-18)33(30,31)27-15-5-7-19(17-27)23(28)26-22-9-4-3-8-21(22)24(29)25-14-6-16-32-2/h3-4,8-13,19H,5-7,14-17H2,1-2H3,(H,25,29)(H,26,28)/t19-/m1/s1. The molecule has 1 saturated heterocycles. The molecule has 0 spiro atoms. The van der Waals surface area contributed by atoms with Gasteiger partial charge in [-0.15, -0.1) is 0 Å². The van der Waals surface area contributed by atoms with E-state index < -0.39 is 15.9 Å². The third-order valence-corrected chi connectivity index (χ3v) is 7.53. The first-order chi connectivity index (χ1) is 15.8. The number of hydrogen-bond acceptors (Lipinski definition) is 5. The Hall–Kier alpha value is -2.75. The van der Waals surface area contributed by atoms with Crippen LogP contribution in [0.25, 0.3) is 0 Å². The van der Waals surface area contributed by atoms with E-state index in [0.717, 1.165) is 5.56 Å². The molecule has 1 aliphatic heterocycles. The minimum Gasteiger partial charge on any atom is -0.385 e. The van der Waals surface area contributed by atoms with Gasteiger partial charge in [0.25, 0.3) is 5.91 Å². The van der Waals surface area contributed by atoms with Crippen molar-refractivity contribution in [1.29, 1.82) is 0 Å².